The number of amides is 1. The van der Waals surface area contributed by atoms with Crippen LogP contribution in [-0.4, -0.2) is 10.9 Å². The number of nitrogens with one attached hydrogen (secondary N) is 2. The van der Waals surface area contributed by atoms with Gasteiger partial charge < -0.3 is 15.1 Å². The van der Waals surface area contributed by atoms with Crippen molar-refractivity contribution in [2.45, 2.75) is 6.92 Å². The molecule has 0 aliphatic rings. The minimum atomic E-state index is -0.327. The van der Waals surface area contributed by atoms with E-state index in [-0.39, 0.29) is 11.7 Å². The van der Waals surface area contributed by atoms with E-state index < -0.39 is 0 Å². The summed E-state index contributed by atoms with van der Waals surface area (Å²) in [5.74, 6) is 0.385. The lowest BCUT2D eigenvalue weighted by molar-refractivity contribution is 0.0996. The van der Waals surface area contributed by atoms with Crippen LogP contribution >= 0.6 is 15.9 Å². The van der Waals surface area contributed by atoms with E-state index in [0.717, 1.165) is 21.4 Å². The molecule has 0 bridgehead atoms. The molecule has 3 rings (SSSR count). The summed E-state index contributed by atoms with van der Waals surface area (Å²) in [4.78, 5) is 16.1. The van der Waals surface area contributed by atoms with Crippen LogP contribution in [-0.2, 0) is 0 Å². The second kappa shape index (κ2) is 6.66. The van der Waals surface area contributed by atoms with Gasteiger partial charge in [-0.25, -0.2) is 4.98 Å². The lowest BCUT2D eigenvalue weighted by Gasteiger charge is -2.10. The van der Waals surface area contributed by atoms with Crippen LogP contribution in [0.4, 0.5) is 17.2 Å². The van der Waals surface area contributed by atoms with Gasteiger partial charge in [-0.05, 0) is 55.0 Å². The van der Waals surface area contributed by atoms with Crippen molar-refractivity contribution in [3.63, 3.8) is 0 Å². The Morgan fingerprint density at radius 1 is 1.22 bits per heavy atom. The molecule has 0 saturated heterocycles. The third-order valence-corrected chi connectivity index (χ3v) is 3.71. The molecular formula is C17H14BrN3O2. The van der Waals surface area contributed by atoms with Crippen LogP contribution in [0.2, 0.25) is 0 Å². The zero-order valence-corrected chi connectivity index (χ0v) is 13.9. The first-order chi connectivity index (χ1) is 11.1. The van der Waals surface area contributed by atoms with E-state index in [2.05, 4.69) is 31.5 Å². The Balaban J connectivity index is 1.68. The Labute approximate surface area is 141 Å². The number of aromatic nitrogens is 1. The summed E-state index contributed by atoms with van der Waals surface area (Å²) in [5, 5.41) is 5.97. The third kappa shape index (κ3) is 3.78. The molecule has 0 saturated carbocycles. The van der Waals surface area contributed by atoms with E-state index in [1.54, 1.807) is 24.4 Å². The molecule has 0 spiro atoms. The molecule has 3 aromatic rings. The van der Waals surface area contributed by atoms with Gasteiger partial charge in [0, 0.05) is 10.2 Å². The van der Waals surface area contributed by atoms with Crippen molar-refractivity contribution in [1.29, 1.82) is 0 Å². The SMILES string of the molecule is Cc1cc(Br)ccc1Nc1ccc(NC(=O)c2ccco2)nc1. The van der Waals surface area contributed by atoms with Crippen LogP contribution in [0.15, 0.2) is 63.8 Å². The molecule has 23 heavy (non-hydrogen) atoms. The Morgan fingerprint density at radius 3 is 2.74 bits per heavy atom. The van der Waals surface area contributed by atoms with E-state index in [0.29, 0.717) is 5.82 Å². The van der Waals surface area contributed by atoms with Gasteiger partial charge in [-0.15, -0.1) is 0 Å². The number of aryl methyl sites for hydroxylation is 1. The van der Waals surface area contributed by atoms with Crippen LogP contribution in [0.5, 0.6) is 0 Å². The molecule has 0 atom stereocenters. The monoisotopic (exact) mass is 371 g/mol. The molecule has 2 N–H and O–H groups in total. The first-order valence-corrected chi connectivity index (χ1v) is 7.75. The van der Waals surface area contributed by atoms with Crippen LogP contribution in [0.25, 0.3) is 0 Å². The van der Waals surface area contributed by atoms with Crippen LogP contribution < -0.4 is 10.6 Å². The quantitative estimate of drug-likeness (QED) is 0.694. The maximum Gasteiger partial charge on any atom is 0.292 e. The molecule has 0 fully saturated rings. The minimum Gasteiger partial charge on any atom is -0.459 e. The summed E-state index contributed by atoms with van der Waals surface area (Å²) in [6, 6.07) is 12.8. The van der Waals surface area contributed by atoms with Crippen molar-refractivity contribution in [2.75, 3.05) is 10.6 Å². The standard InChI is InChI=1S/C17H14BrN3O2/c1-11-9-12(18)4-6-14(11)20-13-5-7-16(19-10-13)21-17(22)15-3-2-8-23-15/h2-10,20H,1H3,(H,19,21,22). The predicted molar refractivity (Wildman–Crippen MR) is 93.1 cm³/mol. The van der Waals surface area contributed by atoms with E-state index in [1.165, 1.54) is 6.26 Å². The molecule has 116 valence electrons. The molecule has 2 aromatic heterocycles. The van der Waals surface area contributed by atoms with Crippen molar-refractivity contribution >= 4 is 39.0 Å². The van der Waals surface area contributed by atoms with Crippen molar-refractivity contribution in [2.24, 2.45) is 0 Å². The number of halogens is 1. The summed E-state index contributed by atoms with van der Waals surface area (Å²) in [7, 11) is 0. The van der Waals surface area contributed by atoms with Gasteiger partial charge >= 0.3 is 0 Å². The normalized spacial score (nSPS) is 10.3. The zero-order chi connectivity index (χ0) is 16.2. The fraction of sp³-hybridized carbons (Fsp3) is 0.0588. The van der Waals surface area contributed by atoms with Gasteiger partial charge in [0.15, 0.2) is 5.76 Å². The second-order valence-corrected chi connectivity index (χ2v) is 5.86. The van der Waals surface area contributed by atoms with E-state index in [4.69, 9.17) is 4.42 Å². The van der Waals surface area contributed by atoms with Gasteiger partial charge in [-0.2, -0.15) is 0 Å². The average Bonchev–Trinajstić information content (AvgIpc) is 3.06. The summed E-state index contributed by atoms with van der Waals surface area (Å²) in [5.41, 5.74) is 2.96. The lowest BCUT2D eigenvalue weighted by Crippen LogP contribution is -2.11. The van der Waals surface area contributed by atoms with Gasteiger partial charge in [0.2, 0.25) is 0 Å². The molecular weight excluding hydrogens is 358 g/mol. The highest BCUT2D eigenvalue weighted by molar-refractivity contribution is 9.10. The van der Waals surface area contributed by atoms with Crippen LogP contribution in [0.1, 0.15) is 16.1 Å². The Kier molecular flexibility index (Phi) is 4.43. The second-order valence-electron chi connectivity index (χ2n) is 4.95. The summed E-state index contributed by atoms with van der Waals surface area (Å²) >= 11 is 3.44. The Hall–Kier alpha value is -2.60. The smallest absolute Gasteiger partial charge is 0.292 e. The maximum atomic E-state index is 11.9. The molecule has 0 aliphatic carbocycles. The van der Waals surface area contributed by atoms with Crippen molar-refractivity contribution in [3.8, 4) is 0 Å². The van der Waals surface area contributed by atoms with Gasteiger partial charge in [-0.3, -0.25) is 4.79 Å². The lowest BCUT2D eigenvalue weighted by atomic mass is 10.2. The van der Waals surface area contributed by atoms with Crippen LogP contribution in [0.3, 0.4) is 0 Å². The molecule has 1 aromatic carbocycles. The molecule has 0 radical (unpaired) electrons. The average molecular weight is 372 g/mol. The molecule has 6 heteroatoms. The van der Waals surface area contributed by atoms with Gasteiger partial charge in [0.05, 0.1) is 18.1 Å². The number of furan rings is 1. The number of pyridine rings is 1. The first kappa shape index (κ1) is 15.3. The van der Waals surface area contributed by atoms with Crippen molar-refractivity contribution < 1.29 is 9.21 Å². The fourth-order valence-electron chi connectivity index (χ4n) is 2.05. The zero-order valence-electron chi connectivity index (χ0n) is 12.3. The Bertz CT molecular complexity index is 814. The van der Waals surface area contributed by atoms with Crippen molar-refractivity contribution in [3.05, 3.63) is 70.7 Å². The number of hydrogen-bond acceptors (Lipinski definition) is 4. The van der Waals surface area contributed by atoms with Gasteiger partial charge in [0.1, 0.15) is 5.82 Å². The summed E-state index contributed by atoms with van der Waals surface area (Å²) < 4.78 is 6.07. The third-order valence-electron chi connectivity index (χ3n) is 3.22. The molecule has 5 nitrogen and oxygen atoms in total. The van der Waals surface area contributed by atoms with Crippen molar-refractivity contribution in [1.82, 2.24) is 4.98 Å². The Morgan fingerprint density at radius 2 is 2.09 bits per heavy atom. The number of anilines is 3. The predicted octanol–water partition coefficient (Wildman–Crippen LogP) is 4.74. The highest BCUT2D eigenvalue weighted by Gasteiger charge is 2.09. The number of nitrogens with zero attached hydrogens (tertiary/aromatic N) is 1. The number of rotatable bonds is 4. The van der Waals surface area contributed by atoms with E-state index >= 15 is 0 Å². The number of hydrogen-bond donors (Lipinski definition) is 2. The van der Waals surface area contributed by atoms with E-state index in [1.807, 2.05) is 31.2 Å². The molecule has 2 heterocycles. The summed E-state index contributed by atoms with van der Waals surface area (Å²) in [6.45, 7) is 2.03. The van der Waals surface area contributed by atoms with Gasteiger partial charge in [0.25, 0.3) is 5.91 Å². The summed E-state index contributed by atoms with van der Waals surface area (Å²) in [6.07, 6.45) is 3.12. The molecule has 0 aliphatic heterocycles. The maximum absolute atomic E-state index is 11.9. The number of carbonyl (C=O) groups is 1. The molecule has 1 amide bonds. The topological polar surface area (TPSA) is 67.2 Å². The number of benzene rings is 1. The highest BCUT2D eigenvalue weighted by atomic mass is 79.9. The molecule has 0 unspecified atom stereocenters. The largest absolute Gasteiger partial charge is 0.459 e. The van der Waals surface area contributed by atoms with E-state index in [9.17, 15) is 4.79 Å². The first-order valence-electron chi connectivity index (χ1n) is 6.96. The highest BCUT2D eigenvalue weighted by Crippen LogP contribution is 2.24. The fourth-order valence-corrected chi connectivity index (χ4v) is 2.53. The van der Waals surface area contributed by atoms with Gasteiger partial charge in [-0.1, -0.05) is 15.9 Å². The van der Waals surface area contributed by atoms with Crippen LogP contribution in [0, 0.1) is 6.92 Å². The number of carbonyl (C=O) groups excluding carboxylic acids is 1. The minimum absolute atomic E-state index is 0.250.